The highest BCUT2D eigenvalue weighted by molar-refractivity contribution is 7.91. The van der Waals surface area contributed by atoms with Crippen LogP contribution in [0.15, 0.2) is 48.5 Å². The molecule has 0 fully saturated rings. The van der Waals surface area contributed by atoms with Crippen LogP contribution in [0, 0.1) is 6.92 Å². The molecule has 0 aromatic heterocycles. The number of nitrogens with two attached hydrogens (primary N) is 1. The monoisotopic (exact) mass is 301 g/mol. The molecule has 0 radical (unpaired) electrons. The quantitative estimate of drug-likeness (QED) is 0.947. The van der Waals surface area contributed by atoms with E-state index in [1.807, 2.05) is 55.5 Å². The molecule has 0 heterocycles. The number of hydrogen-bond acceptors (Lipinski definition) is 3. The maximum absolute atomic E-state index is 12.8. The lowest BCUT2D eigenvalue weighted by Crippen LogP contribution is -2.31. The van der Waals surface area contributed by atoms with Gasteiger partial charge >= 0.3 is 0 Å². The molecule has 2 unspecified atom stereocenters. The normalized spacial score (nSPS) is 21.2. The molecule has 21 heavy (non-hydrogen) atoms. The van der Waals surface area contributed by atoms with Crippen molar-refractivity contribution in [2.45, 2.75) is 30.4 Å². The third kappa shape index (κ3) is 2.61. The van der Waals surface area contributed by atoms with Gasteiger partial charge in [-0.1, -0.05) is 48.5 Å². The molecule has 2 atom stereocenters. The van der Waals surface area contributed by atoms with Gasteiger partial charge in [0.2, 0.25) is 0 Å². The summed E-state index contributed by atoms with van der Waals surface area (Å²) >= 11 is 0. The molecule has 2 aromatic rings. The summed E-state index contributed by atoms with van der Waals surface area (Å²) < 4.78 is 25.5. The molecule has 0 saturated heterocycles. The van der Waals surface area contributed by atoms with Crippen LogP contribution in [-0.2, 0) is 22.0 Å². The van der Waals surface area contributed by atoms with Gasteiger partial charge in [0.15, 0.2) is 9.84 Å². The average molecular weight is 301 g/mol. The average Bonchev–Trinajstić information content (AvgIpc) is 2.80. The molecular weight excluding hydrogens is 282 g/mol. The number of hydrogen-bond donors (Lipinski definition) is 1. The summed E-state index contributed by atoms with van der Waals surface area (Å²) in [7, 11) is -3.28. The Labute approximate surface area is 125 Å². The molecule has 110 valence electrons. The molecule has 3 nitrogen and oxygen atoms in total. The van der Waals surface area contributed by atoms with Gasteiger partial charge in [0.25, 0.3) is 0 Å². The molecule has 0 bridgehead atoms. The predicted octanol–water partition coefficient (Wildman–Crippen LogP) is 2.53. The SMILES string of the molecule is Cc1ccccc1CS(=O)(=O)C1Cc2ccccc2C1N. The lowest BCUT2D eigenvalue weighted by Gasteiger charge is -2.17. The highest BCUT2D eigenvalue weighted by Gasteiger charge is 2.38. The number of sulfone groups is 1. The Kier molecular flexibility index (Phi) is 3.59. The predicted molar refractivity (Wildman–Crippen MR) is 84.7 cm³/mol. The third-order valence-electron chi connectivity index (χ3n) is 4.32. The number of benzene rings is 2. The highest BCUT2D eigenvalue weighted by atomic mass is 32.2. The Morgan fingerprint density at radius 1 is 1.10 bits per heavy atom. The second-order valence-electron chi connectivity index (χ2n) is 5.70. The molecule has 0 spiro atoms. The van der Waals surface area contributed by atoms with Crippen molar-refractivity contribution in [3.05, 3.63) is 70.8 Å². The fourth-order valence-electron chi connectivity index (χ4n) is 3.04. The van der Waals surface area contributed by atoms with Crippen molar-refractivity contribution >= 4 is 9.84 Å². The number of fused-ring (bicyclic) bond motifs is 1. The Morgan fingerprint density at radius 2 is 1.76 bits per heavy atom. The van der Waals surface area contributed by atoms with Gasteiger partial charge in [0.1, 0.15) is 0 Å². The van der Waals surface area contributed by atoms with E-state index < -0.39 is 21.1 Å². The summed E-state index contributed by atoms with van der Waals surface area (Å²) in [6.07, 6.45) is 0.519. The minimum atomic E-state index is -3.28. The number of aryl methyl sites for hydroxylation is 1. The van der Waals surface area contributed by atoms with E-state index in [1.165, 1.54) is 0 Å². The van der Waals surface area contributed by atoms with Gasteiger partial charge < -0.3 is 5.73 Å². The van der Waals surface area contributed by atoms with Gasteiger partial charge in [0, 0.05) is 6.04 Å². The van der Waals surface area contributed by atoms with Crippen LogP contribution in [0.2, 0.25) is 0 Å². The summed E-state index contributed by atoms with van der Waals surface area (Å²) in [4.78, 5) is 0. The van der Waals surface area contributed by atoms with Crippen molar-refractivity contribution < 1.29 is 8.42 Å². The van der Waals surface area contributed by atoms with Gasteiger partial charge in [-0.3, -0.25) is 0 Å². The molecule has 0 aliphatic heterocycles. The maximum atomic E-state index is 12.8. The zero-order valence-electron chi connectivity index (χ0n) is 12.0. The van der Waals surface area contributed by atoms with E-state index in [4.69, 9.17) is 5.73 Å². The molecule has 0 amide bonds. The summed E-state index contributed by atoms with van der Waals surface area (Å²) in [5.41, 5.74) is 10.1. The Hall–Kier alpha value is -1.65. The molecular formula is C17H19NO2S. The summed E-state index contributed by atoms with van der Waals surface area (Å²) in [6.45, 7) is 1.94. The van der Waals surface area contributed by atoms with E-state index in [9.17, 15) is 8.42 Å². The largest absolute Gasteiger partial charge is 0.323 e. The molecule has 1 aliphatic carbocycles. The van der Waals surface area contributed by atoms with E-state index in [0.717, 1.165) is 22.3 Å². The first kappa shape index (κ1) is 14.3. The summed E-state index contributed by atoms with van der Waals surface area (Å²) in [5.74, 6) is 0.0615. The van der Waals surface area contributed by atoms with Crippen molar-refractivity contribution in [1.82, 2.24) is 0 Å². The van der Waals surface area contributed by atoms with Crippen molar-refractivity contribution in [3.63, 3.8) is 0 Å². The zero-order chi connectivity index (χ0) is 15.0. The minimum absolute atomic E-state index is 0.0615. The topological polar surface area (TPSA) is 60.2 Å². The molecule has 4 heteroatoms. The van der Waals surface area contributed by atoms with E-state index in [0.29, 0.717) is 6.42 Å². The lowest BCUT2D eigenvalue weighted by molar-refractivity contribution is 0.564. The molecule has 2 aromatic carbocycles. The van der Waals surface area contributed by atoms with Crippen LogP contribution in [-0.4, -0.2) is 13.7 Å². The zero-order valence-corrected chi connectivity index (χ0v) is 12.8. The smallest absolute Gasteiger partial charge is 0.159 e. The molecule has 3 rings (SSSR count). The lowest BCUT2D eigenvalue weighted by atomic mass is 10.1. The van der Waals surface area contributed by atoms with E-state index in [2.05, 4.69) is 0 Å². The first-order valence-corrected chi connectivity index (χ1v) is 8.80. The van der Waals surface area contributed by atoms with Gasteiger partial charge in [-0.15, -0.1) is 0 Å². The highest BCUT2D eigenvalue weighted by Crippen LogP contribution is 2.35. The first-order valence-electron chi connectivity index (χ1n) is 7.08. The molecule has 1 aliphatic rings. The van der Waals surface area contributed by atoms with Crippen LogP contribution in [0.1, 0.15) is 28.3 Å². The molecule has 0 saturated carbocycles. The van der Waals surface area contributed by atoms with Crippen LogP contribution in [0.25, 0.3) is 0 Å². The second kappa shape index (κ2) is 5.28. The van der Waals surface area contributed by atoms with Crippen LogP contribution in [0.5, 0.6) is 0 Å². The van der Waals surface area contributed by atoms with Crippen LogP contribution >= 0.6 is 0 Å². The van der Waals surface area contributed by atoms with Gasteiger partial charge in [-0.05, 0) is 35.6 Å². The van der Waals surface area contributed by atoms with Gasteiger partial charge in [-0.2, -0.15) is 0 Å². The van der Waals surface area contributed by atoms with Crippen LogP contribution in [0.3, 0.4) is 0 Å². The first-order chi connectivity index (χ1) is 9.99. The fourth-order valence-corrected chi connectivity index (χ4v) is 5.03. The number of rotatable bonds is 3. The maximum Gasteiger partial charge on any atom is 0.159 e. The van der Waals surface area contributed by atoms with Crippen molar-refractivity contribution in [2.24, 2.45) is 5.73 Å². The fraction of sp³-hybridized carbons (Fsp3) is 0.294. The van der Waals surface area contributed by atoms with Crippen molar-refractivity contribution in [2.75, 3.05) is 0 Å². The van der Waals surface area contributed by atoms with Crippen molar-refractivity contribution in [3.8, 4) is 0 Å². The van der Waals surface area contributed by atoms with E-state index in [-0.39, 0.29) is 5.75 Å². The van der Waals surface area contributed by atoms with Crippen molar-refractivity contribution in [1.29, 1.82) is 0 Å². The van der Waals surface area contributed by atoms with Crippen LogP contribution in [0.4, 0.5) is 0 Å². The minimum Gasteiger partial charge on any atom is -0.323 e. The van der Waals surface area contributed by atoms with E-state index in [1.54, 1.807) is 0 Å². The standard InChI is InChI=1S/C17H19NO2S/c1-12-6-2-3-8-14(12)11-21(19,20)16-10-13-7-4-5-9-15(13)17(16)18/h2-9,16-17H,10-11,18H2,1H3. The Morgan fingerprint density at radius 3 is 2.48 bits per heavy atom. The summed E-state index contributed by atoms with van der Waals surface area (Å²) in [6, 6.07) is 14.9. The Bertz CT molecular complexity index is 768. The van der Waals surface area contributed by atoms with E-state index >= 15 is 0 Å². The Balaban J connectivity index is 1.89. The molecule has 2 N–H and O–H groups in total. The van der Waals surface area contributed by atoms with Gasteiger partial charge in [0.05, 0.1) is 11.0 Å². The van der Waals surface area contributed by atoms with Crippen LogP contribution < -0.4 is 5.73 Å². The second-order valence-corrected chi connectivity index (χ2v) is 7.92. The van der Waals surface area contributed by atoms with Gasteiger partial charge in [-0.25, -0.2) is 8.42 Å². The third-order valence-corrected chi connectivity index (χ3v) is 6.41. The summed E-state index contributed by atoms with van der Waals surface area (Å²) in [5, 5.41) is -0.519.